The minimum Gasteiger partial charge on any atom is -0.166 e. The second-order valence-electron chi connectivity index (χ2n) is 5.32. The van der Waals surface area contributed by atoms with Gasteiger partial charge in [-0.1, -0.05) is 19.9 Å². The molecule has 0 saturated heterocycles. The average Bonchev–Trinajstić information content (AvgIpc) is 2.14. The predicted molar refractivity (Wildman–Crippen MR) is 57.3 cm³/mol. The standard InChI is InChI=1S/C13H15F3/c1-12(2)6-5-9-7-11(13(14,15)16)4-3-10(9)8-12/h3-4,7H,5-6,8H2,1-2H3. The summed E-state index contributed by atoms with van der Waals surface area (Å²) in [6.07, 6.45) is -1.63. The van der Waals surface area contributed by atoms with Gasteiger partial charge in [-0.2, -0.15) is 13.2 Å². The molecule has 0 amide bonds. The van der Waals surface area contributed by atoms with Gasteiger partial charge < -0.3 is 0 Å². The molecule has 0 bridgehead atoms. The molecule has 0 heterocycles. The quantitative estimate of drug-likeness (QED) is 0.623. The van der Waals surface area contributed by atoms with Crippen molar-refractivity contribution >= 4 is 0 Å². The molecule has 0 atom stereocenters. The highest BCUT2D eigenvalue weighted by atomic mass is 19.4. The van der Waals surface area contributed by atoms with Crippen LogP contribution in [0.5, 0.6) is 0 Å². The molecule has 88 valence electrons. The third-order valence-electron chi connectivity index (χ3n) is 3.27. The second-order valence-corrected chi connectivity index (χ2v) is 5.32. The SMILES string of the molecule is CC1(C)CCc2cc(C(F)(F)F)ccc2C1. The van der Waals surface area contributed by atoms with Crippen molar-refractivity contribution < 1.29 is 13.2 Å². The van der Waals surface area contributed by atoms with E-state index in [0.29, 0.717) is 0 Å². The van der Waals surface area contributed by atoms with E-state index in [9.17, 15) is 13.2 Å². The molecule has 1 aromatic carbocycles. The number of fused-ring (bicyclic) bond motifs is 1. The molecule has 3 heteroatoms. The predicted octanol–water partition coefficient (Wildman–Crippen LogP) is 4.22. The molecule has 1 aromatic rings. The van der Waals surface area contributed by atoms with Crippen molar-refractivity contribution in [3.63, 3.8) is 0 Å². The van der Waals surface area contributed by atoms with E-state index in [1.165, 1.54) is 12.1 Å². The highest BCUT2D eigenvalue weighted by Gasteiger charge is 2.32. The molecule has 1 aliphatic carbocycles. The van der Waals surface area contributed by atoms with E-state index in [1.54, 1.807) is 6.07 Å². The van der Waals surface area contributed by atoms with Gasteiger partial charge in [-0.15, -0.1) is 0 Å². The number of hydrogen-bond acceptors (Lipinski definition) is 0. The normalized spacial score (nSPS) is 19.3. The Morgan fingerprint density at radius 3 is 2.44 bits per heavy atom. The number of halogens is 3. The minimum atomic E-state index is -4.22. The van der Waals surface area contributed by atoms with Crippen LogP contribution in [0.3, 0.4) is 0 Å². The topological polar surface area (TPSA) is 0 Å². The number of benzene rings is 1. The molecule has 0 saturated carbocycles. The number of aryl methyl sites for hydroxylation is 1. The zero-order valence-electron chi connectivity index (χ0n) is 9.49. The Hall–Kier alpha value is -0.990. The monoisotopic (exact) mass is 228 g/mol. The number of alkyl halides is 3. The van der Waals surface area contributed by atoms with Gasteiger partial charge in [-0.05, 0) is 47.9 Å². The van der Waals surface area contributed by atoms with Gasteiger partial charge in [0.15, 0.2) is 0 Å². The fraction of sp³-hybridized carbons (Fsp3) is 0.538. The number of hydrogen-bond donors (Lipinski definition) is 0. The van der Waals surface area contributed by atoms with Crippen LogP contribution in [0.4, 0.5) is 13.2 Å². The number of rotatable bonds is 0. The van der Waals surface area contributed by atoms with Gasteiger partial charge in [0.25, 0.3) is 0 Å². The summed E-state index contributed by atoms with van der Waals surface area (Å²) in [5, 5.41) is 0. The van der Waals surface area contributed by atoms with Crippen molar-refractivity contribution in [3.8, 4) is 0 Å². The van der Waals surface area contributed by atoms with Gasteiger partial charge in [-0.3, -0.25) is 0 Å². The molecule has 0 aromatic heterocycles. The van der Waals surface area contributed by atoms with Crippen molar-refractivity contribution in [1.29, 1.82) is 0 Å². The maximum Gasteiger partial charge on any atom is 0.416 e. The Morgan fingerprint density at radius 1 is 1.12 bits per heavy atom. The van der Waals surface area contributed by atoms with E-state index in [-0.39, 0.29) is 5.41 Å². The third-order valence-corrected chi connectivity index (χ3v) is 3.27. The van der Waals surface area contributed by atoms with Crippen LogP contribution in [-0.2, 0) is 19.0 Å². The van der Waals surface area contributed by atoms with Crippen LogP contribution in [-0.4, -0.2) is 0 Å². The lowest BCUT2D eigenvalue weighted by molar-refractivity contribution is -0.137. The van der Waals surface area contributed by atoms with Crippen LogP contribution in [0.25, 0.3) is 0 Å². The third kappa shape index (κ3) is 2.23. The Bertz CT molecular complexity index is 402. The van der Waals surface area contributed by atoms with E-state index in [1.807, 2.05) is 0 Å². The Balaban J connectivity index is 2.36. The Kier molecular flexibility index (Phi) is 2.52. The zero-order chi connectivity index (χ0) is 12.0. The largest absolute Gasteiger partial charge is 0.416 e. The van der Waals surface area contributed by atoms with Gasteiger partial charge >= 0.3 is 6.18 Å². The van der Waals surface area contributed by atoms with E-state index in [2.05, 4.69) is 13.8 Å². The minimum absolute atomic E-state index is 0.215. The van der Waals surface area contributed by atoms with Gasteiger partial charge in [0.2, 0.25) is 0 Å². The van der Waals surface area contributed by atoms with Crippen LogP contribution >= 0.6 is 0 Å². The molecule has 16 heavy (non-hydrogen) atoms. The zero-order valence-corrected chi connectivity index (χ0v) is 9.49. The Morgan fingerprint density at radius 2 is 1.81 bits per heavy atom. The highest BCUT2D eigenvalue weighted by Crippen LogP contribution is 2.37. The molecular weight excluding hydrogens is 213 g/mol. The highest BCUT2D eigenvalue weighted by molar-refractivity contribution is 5.36. The summed E-state index contributed by atoms with van der Waals surface area (Å²) in [6.45, 7) is 4.32. The van der Waals surface area contributed by atoms with Crippen molar-refractivity contribution in [2.75, 3.05) is 0 Å². The second kappa shape index (κ2) is 3.51. The maximum absolute atomic E-state index is 12.5. The lowest BCUT2D eigenvalue weighted by Gasteiger charge is -2.31. The van der Waals surface area contributed by atoms with Crippen molar-refractivity contribution in [2.24, 2.45) is 5.41 Å². The summed E-state index contributed by atoms with van der Waals surface area (Å²) in [4.78, 5) is 0. The van der Waals surface area contributed by atoms with Crippen LogP contribution in [0, 0.1) is 5.41 Å². The summed E-state index contributed by atoms with van der Waals surface area (Å²) < 4.78 is 37.5. The summed E-state index contributed by atoms with van der Waals surface area (Å²) in [5.74, 6) is 0. The summed E-state index contributed by atoms with van der Waals surface area (Å²) in [6, 6.07) is 4.14. The first-order chi connectivity index (χ1) is 7.28. The summed E-state index contributed by atoms with van der Waals surface area (Å²) in [7, 11) is 0. The first-order valence-corrected chi connectivity index (χ1v) is 5.47. The molecule has 0 fully saturated rings. The van der Waals surface area contributed by atoms with Gasteiger partial charge in [0.1, 0.15) is 0 Å². The lowest BCUT2D eigenvalue weighted by Crippen LogP contribution is -2.22. The molecule has 0 unspecified atom stereocenters. The molecular formula is C13H15F3. The van der Waals surface area contributed by atoms with Crippen LogP contribution in [0.2, 0.25) is 0 Å². The van der Waals surface area contributed by atoms with Crippen molar-refractivity contribution in [1.82, 2.24) is 0 Å². The van der Waals surface area contributed by atoms with Crippen LogP contribution in [0.15, 0.2) is 18.2 Å². The van der Waals surface area contributed by atoms with Crippen LogP contribution < -0.4 is 0 Å². The summed E-state index contributed by atoms with van der Waals surface area (Å²) >= 11 is 0. The molecule has 2 rings (SSSR count). The first-order valence-electron chi connectivity index (χ1n) is 5.47. The van der Waals surface area contributed by atoms with Gasteiger partial charge in [-0.25, -0.2) is 0 Å². The Labute approximate surface area is 93.5 Å². The molecule has 1 aliphatic rings. The van der Waals surface area contributed by atoms with Gasteiger partial charge in [0, 0.05) is 0 Å². The summed E-state index contributed by atoms with van der Waals surface area (Å²) in [5.41, 5.74) is 1.64. The molecule has 0 N–H and O–H groups in total. The fourth-order valence-electron chi connectivity index (χ4n) is 2.28. The molecule has 0 radical (unpaired) electrons. The van der Waals surface area contributed by atoms with E-state index in [0.717, 1.165) is 30.4 Å². The molecule has 0 aliphatic heterocycles. The van der Waals surface area contributed by atoms with E-state index in [4.69, 9.17) is 0 Å². The van der Waals surface area contributed by atoms with Crippen LogP contribution in [0.1, 0.15) is 37.0 Å². The average molecular weight is 228 g/mol. The van der Waals surface area contributed by atoms with E-state index >= 15 is 0 Å². The molecule has 0 spiro atoms. The smallest absolute Gasteiger partial charge is 0.166 e. The lowest BCUT2D eigenvalue weighted by atomic mass is 9.74. The van der Waals surface area contributed by atoms with E-state index < -0.39 is 11.7 Å². The van der Waals surface area contributed by atoms with Crippen molar-refractivity contribution in [2.45, 2.75) is 39.3 Å². The van der Waals surface area contributed by atoms with Gasteiger partial charge in [0.05, 0.1) is 5.56 Å². The fourth-order valence-corrected chi connectivity index (χ4v) is 2.28. The first kappa shape index (κ1) is 11.5. The maximum atomic E-state index is 12.5. The molecule has 0 nitrogen and oxygen atoms in total. The van der Waals surface area contributed by atoms with Crippen molar-refractivity contribution in [3.05, 3.63) is 34.9 Å².